The lowest BCUT2D eigenvalue weighted by Gasteiger charge is -2.34. The van der Waals surface area contributed by atoms with Crippen molar-refractivity contribution in [2.45, 2.75) is 16.3 Å². The number of hydrogen-bond acceptors (Lipinski definition) is 6. The van der Waals surface area contributed by atoms with E-state index in [4.69, 9.17) is 0 Å². The Morgan fingerprint density at radius 2 is 1.36 bits per heavy atom. The van der Waals surface area contributed by atoms with Crippen LogP contribution < -0.4 is 9.62 Å². The highest BCUT2D eigenvalue weighted by Gasteiger charge is 2.16. The van der Waals surface area contributed by atoms with E-state index < -0.39 is 19.9 Å². The maximum atomic E-state index is 12.4. The van der Waals surface area contributed by atoms with Crippen molar-refractivity contribution < 1.29 is 16.8 Å². The SMILES string of the molecule is CN1CCN(c2ccc(CNS(=O)(=O)c3ccc(S(C)(=O)=O)cc3)cc2)CC1. The lowest BCUT2D eigenvalue weighted by atomic mass is 10.2. The third-order valence-electron chi connectivity index (χ3n) is 4.83. The van der Waals surface area contributed by atoms with Gasteiger partial charge in [0.05, 0.1) is 9.79 Å². The average Bonchev–Trinajstić information content (AvgIpc) is 2.67. The quantitative estimate of drug-likeness (QED) is 0.754. The third kappa shape index (κ3) is 5.11. The molecule has 1 heterocycles. The Balaban J connectivity index is 1.63. The van der Waals surface area contributed by atoms with Crippen LogP contribution in [0.5, 0.6) is 0 Å². The van der Waals surface area contributed by atoms with Crippen LogP contribution >= 0.6 is 0 Å². The Bertz CT molecular complexity index is 1010. The maximum absolute atomic E-state index is 12.4. The monoisotopic (exact) mass is 423 g/mol. The smallest absolute Gasteiger partial charge is 0.240 e. The standard InChI is InChI=1S/C19H25N3O4S2/c1-21-11-13-22(14-12-21)17-5-3-16(4-6-17)15-20-28(25,26)19-9-7-18(8-10-19)27(2,23)24/h3-10,20H,11-15H2,1-2H3. The Morgan fingerprint density at radius 3 is 1.89 bits per heavy atom. The average molecular weight is 424 g/mol. The number of anilines is 1. The molecule has 0 amide bonds. The van der Waals surface area contributed by atoms with Crippen molar-refractivity contribution >= 4 is 25.5 Å². The summed E-state index contributed by atoms with van der Waals surface area (Å²) in [5, 5.41) is 0. The number of benzene rings is 2. The van der Waals surface area contributed by atoms with E-state index in [-0.39, 0.29) is 16.3 Å². The molecule has 0 spiro atoms. The highest BCUT2D eigenvalue weighted by atomic mass is 32.2. The van der Waals surface area contributed by atoms with Crippen LogP contribution in [0.3, 0.4) is 0 Å². The molecule has 0 aromatic heterocycles. The molecule has 0 saturated carbocycles. The Kier molecular flexibility index (Phi) is 6.09. The molecule has 152 valence electrons. The van der Waals surface area contributed by atoms with Crippen molar-refractivity contribution in [1.29, 1.82) is 0 Å². The van der Waals surface area contributed by atoms with Gasteiger partial charge in [-0.15, -0.1) is 0 Å². The molecular formula is C19H25N3O4S2. The first-order chi connectivity index (χ1) is 13.1. The third-order valence-corrected chi connectivity index (χ3v) is 7.38. The molecule has 2 aromatic rings. The van der Waals surface area contributed by atoms with Crippen molar-refractivity contribution in [3.8, 4) is 0 Å². The van der Waals surface area contributed by atoms with Crippen LogP contribution in [-0.4, -0.2) is 61.2 Å². The van der Waals surface area contributed by atoms with Gasteiger partial charge in [-0.25, -0.2) is 21.6 Å². The van der Waals surface area contributed by atoms with Gasteiger partial charge in [0, 0.05) is 44.7 Å². The first-order valence-corrected chi connectivity index (χ1v) is 12.3. The van der Waals surface area contributed by atoms with Crippen LogP contribution in [0, 0.1) is 0 Å². The molecule has 7 nitrogen and oxygen atoms in total. The molecule has 9 heteroatoms. The fourth-order valence-electron chi connectivity index (χ4n) is 3.02. The van der Waals surface area contributed by atoms with Gasteiger partial charge in [-0.2, -0.15) is 0 Å². The zero-order valence-corrected chi connectivity index (χ0v) is 17.6. The molecule has 0 unspecified atom stereocenters. The zero-order chi connectivity index (χ0) is 20.4. The molecule has 1 aliphatic heterocycles. The molecular weight excluding hydrogens is 398 g/mol. The van der Waals surface area contributed by atoms with Crippen molar-refractivity contribution in [3.05, 3.63) is 54.1 Å². The van der Waals surface area contributed by atoms with E-state index in [1.807, 2.05) is 24.3 Å². The van der Waals surface area contributed by atoms with Gasteiger partial charge < -0.3 is 9.80 Å². The van der Waals surface area contributed by atoms with E-state index in [1.165, 1.54) is 24.3 Å². The van der Waals surface area contributed by atoms with Crippen LogP contribution in [0.1, 0.15) is 5.56 Å². The van der Waals surface area contributed by atoms with Gasteiger partial charge in [-0.3, -0.25) is 0 Å². The molecule has 3 rings (SSSR count). The Morgan fingerprint density at radius 1 is 0.821 bits per heavy atom. The molecule has 1 aliphatic rings. The number of hydrogen-bond donors (Lipinski definition) is 1. The second-order valence-corrected chi connectivity index (χ2v) is 10.8. The summed E-state index contributed by atoms with van der Waals surface area (Å²) in [6.07, 6.45) is 1.08. The predicted octanol–water partition coefficient (Wildman–Crippen LogP) is 1.32. The van der Waals surface area contributed by atoms with Crippen LogP contribution in [-0.2, 0) is 26.4 Å². The van der Waals surface area contributed by atoms with Gasteiger partial charge in [0.1, 0.15) is 0 Å². The lowest BCUT2D eigenvalue weighted by molar-refractivity contribution is 0.313. The van der Waals surface area contributed by atoms with E-state index in [0.717, 1.165) is 43.7 Å². The van der Waals surface area contributed by atoms with Gasteiger partial charge in [-0.1, -0.05) is 12.1 Å². The van der Waals surface area contributed by atoms with Crippen LogP contribution in [0.2, 0.25) is 0 Å². The number of sulfonamides is 1. The van der Waals surface area contributed by atoms with Gasteiger partial charge in [0.25, 0.3) is 0 Å². The highest BCUT2D eigenvalue weighted by molar-refractivity contribution is 7.90. The number of likely N-dealkylation sites (N-methyl/N-ethyl adjacent to an activating group) is 1. The maximum Gasteiger partial charge on any atom is 0.240 e. The largest absolute Gasteiger partial charge is 0.369 e. The van der Waals surface area contributed by atoms with Crippen LogP contribution in [0.15, 0.2) is 58.3 Å². The molecule has 0 aliphatic carbocycles. The first kappa shape index (κ1) is 20.8. The first-order valence-electron chi connectivity index (χ1n) is 8.97. The normalized spacial score (nSPS) is 16.3. The van der Waals surface area contributed by atoms with Gasteiger partial charge in [0.2, 0.25) is 10.0 Å². The molecule has 28 heavy (non-hydrogen) atoms. The Hall–Kier alpha value is -1.94. The molecule has 0 atom stereocenters. The van der Waals surface area contributed by atoms with Crippen LogP contribution in [0.4, 0.5) is 5.69 Å². The minimum Gasteiger partial charge on any atom is -0.369 e. The summed E-state index contributed by atoms with van der Waals surface area (Å²) >= 11 is 0. The lowest BCUT2D eigenvalue weighted by Crippen LogP contribution is -2.44. The van der Waals surface area contributed by atoms with E-state index in [0.29, 0.717) is 0 Å². The van der Waals surface area contributed by atoms with Crippen molar-refractivity contribution in [2.24, 2.45) is 0 Å². The van der Waals surface area contributed by atoms with Crippen molar-refractivity contribution in [2.75, 3.05) is 44.4 Å². The molecule has 0 radical (unpaired) electrons. The topological polar surface area (TPSA) is 86.8 Å². The Labute approximate surface area is 166 Å². The predicted molar refractivity (Wildman–Crippen MR) is 110 cm³/mol. The summed E-state index contributed by atoms with van der Waals surface area (Å²) < 4.78 is 50.4. The van der Waals surface area contributed by atoms with Crippen LogP contribution in [0.25, 0.3) is 0 Å². The molecule has 1 fully saturated rings. The van der Waals surface area contributed by atoms with E-state index in [1.54, 1.807) is 0 Å². The minimum absolute atomic E-state index is 0.0361. The number of nitrogens with zero attached hydrogens (tertiary/aromatic N) is 2. The fraction of sp³-hybridized carbons (Fsp3) is 0.368. The number of sulfone groups is 1. The highest BCUT2D eigenvalue weighted by Crippen LogP contribution is 2.18. The molecule has 0 bridgehead atoms. The number of nitrogens with one attached hydrogen (secondary N) is 1. The van der Waals surface area contributed by atoms with Crippen molar-refractivity contribution in [1.82, 2.24) is 9.62 Å². The van der Waals surface area contributed by atoms with Crippen molar-refractivity contribution in [3.63, 3.8) is 0 Å². The van der Waals surface area contributed by atoms with E-state index >= 15 is 0 Å². The molecule has 2 aromatic carbocycles. The van der Waals surface area contributed by atoms with Gasteiger partial charge in [-0.05, 0) is 49.0 Å². The summed E-state index contributed by atoms with van der Waals surface area (Å²) in [7, 11) is -4.96. The van der Waals surface area contributed by atoms with E-state index in [9.17, 15) is 16.8 Å². The number of piperazine rings is 1. The minimum atomic E-state index is -3.72. The molecule has 1 saturated heterocycles. The summed E-state index contributed by atoms with van der Waals surface area (Å²) in [4.78, 5) is 4.74. The zero-order valence-electron chi connectivity index (χ0n) is 16.0. The van der Waals surface area contributed by atoms with Gasteiger partial charge >= 0.3 is 0 Å². The second-order valence-electron chi connectivity index (χ2n) is 7.02. The summed E-state index contributed by atoms with van der Waals surface area (Å²) in [6, 6.07) is 13.1. The molecule has 1 N–H and O–H groups in total. The second kappa shape index (κ2) is 8.20. The summed E-state index contributed by atoms with van der Waals surface area (Å²) in [6.45, 7) is 4.18. The van der Waals surface area contributed by atoms with Gasteiger partial charge in [0.15, 0.2) is 9.84 Å². The number of rotatable bonds is 6. The van der Waals surface area contributed by atoms with E-state index in [2.05, 4.69) is 21.6 Å². The fourth-order valence-corrected chi connectivity index (χ4v) is 4.67. The summed E-state index contributed by atoms with van der Waals surface area (Å²) in [5.41, 5.74) is 1.99. The summed E-state index contributed by atoms with van der Waals surface area (Å²) in [5.74, 6) is 0.